The van der Waals surface area contributed by atoms with Crippen molar-refractivity contribution in [1.82, 2.24) is 5.32 Å². The number of nitrogens with one attached hydrogen (secondary N) is 1. The molecule has 0 atom stereocenters. The van der Waals surface area contributed by atoms with E-state index in [1.54, 1.807) is 23.5 Å². The molecule has 100 valence electrons. The van der Waals surface area contributed by atoms with E-state index in [1.165, 1.54) is 0 Å². The van der Waals surface area contributed by atoms with Gasteiger partial charge >= 0.3 is 0 Å². The van der Waals surface area contributed by atoms with Gasteiger partial charge in [0.25, 0.3) is 0 Å². The predicted molar refractivity (Wildman–Crippen MR) is 81.1 cm³/mol. The molecule has 5 heteroatoms. The van der Waals surface area contributed by atoms with Gasteiger partial charge < -0.3 is 9.73 Å². The zero-order chi connectivity index (χ0) is 13.8. The van der Waals surface area contributed by atoms with Gasteiger partial charge in [-0.3, -0.25) is 4.79 Å². The second kappa shape index (κ2) is 6.21. The zero-order valence-electron chi connectivity index (χ0n) is 10.7. The molecule has 0 saturated carbocycles. The molecule has 0 aliphatic heterocycles. The van der Waals surface area contributed by atoms with Gasteiger partial charge in [-0.25, -0.2) is 0 Å². The van der Waals surface area contributed by atoms with Crippen LogP contribution in [0.4, 0.5) is 0 Å². The number of thiophene rings is 1. The van der Waals surface area contributed by atoms with E-state index in [9.17, 15) is 4.79 Å². The van der Waals surface area contributed by atoms with Crippen LogP contribution < -0.4 is 5.32 Å². The first-order valence-electron chi connectivity index (χ1n) is 5.82. The number of hydrogen-bond acceptors (Lipinski definition) is 3. The van der Waals surface area contributed by atoms with Crippen molar-refractivity contribution in [2.24, 2.45) is 0 Å². The summed E-state index contributed by atoms with van der Waals surface area (Å²) in [6.07, 6.45) is 3.35. The SMILES string of the molecule is Cc1cc(CNC(=O)/C=C/c2ccc(Br)s2)c(C)o1. The van der Waals surface area contributed by atoms with E-state index < -0.39 is 0 Å². The number of aryl methyl sites for hydroxylation is 2. The van der Waals surface area contributed by atoms with Crippen LogP contribution in [0.1, 0.15) is 22.0 Å². The Morgan fingerprint density at radius 2 is 2.26 bits per heavy atom. The van der Waals surface area contributed by atoms with Crippen LogP contribution in [0.2, 0.25) is 0 Å². The van der Waals surface area contributed by atoms with Gasteiger partial charge in [-0.05, 0) is 54.1 Å². The molecule has 0 unspecified atom stereocenters. The van der Waals surface area contributed by atoms with Crippen molar-refractivity contribution in [2.75, 3.05) is 0 Å². The van der Waals surface area contributed by atoms with Gasteiger partial charge in [0.2, 0.25) is 5.91 Å². The molecule has 0 bridgehead atoms. The highest BCUT2D eigenvalue weighted by molar-refractivity contribution is 9.11. The molecule has 2 aromatic rings. The Balaban J connectivity index is 1.88. The van der Waals surface area contributed by atoms with Crippen molar-refractivity contribution in [1.29, 1.82) is 0 Å². The molecular weight excluding hydrogens is 326 g/mol. The summed E-state index contributed by atoms with van der Waals surface area (Å²) in [5.74, 6) is 1.60. The van der Waals surface area contributed by atoms with Crippen LogP contribution in [0.15, 0.2) is 32.5 Å². The first-order chi connectivity index (χ1) is 9.04. The molecular formula is C14H14BrNO2S. The molecule has 0 aliphatic carbocycles. The fraction of sp³-hybridized carbons (Fsp3) is 0.214. The first kappa shape index (κ1) is 14.1. The summed E-state index contributed by atoms with van der Waals surface area (Å²) in [5.41, 5.74) is 1.01. The largest absolute Gasteiger partial charge is 0.466 e. The van der Waals surface area contributed by atoms with Gasteiger partial charge in [0.05, 0.1) is 3.79 Å². The van der Waals surface area contributed by atoms with Crippen LogP contribution in [0.3, 0.4) is 0 Å². The second-order valence-electron chi connectivity index (χ2n) is 4.13. The molecule has 2 rings (SSSR count). The molecule has 3 nitrogen and oxygen atoms in total. The first-order valence-corrected chi connectivity index (χ1v) is 7.42. The molecule has 2 aromatic heterocycles. The van der Waals surface area contributed by atoms with Crippen LogP contribution in [0.25, 0.3) is 6.08 Å². The normalized spacial score (nSPS) is 11.1. The van der Waals surface area contributed by atoms with Crippen LogP contribution >= 0.6 is 27.3 Å². The molecule has 0 fully saturated rings. The average molecular weight is 340 g/mol. The van der Waals surface area contributed by atoms with Gasteiger partial charge in [-0.1, -0.05) is 0 Å². The van der Waals surface area contributed by atoms with Crippen molar-refractivity contribution >= 4 is 39.2 Å². The van der Waals surface area contributed by atoms with Crippen molar-refractivity contribution in [3.05, 3.63) is 50.0 Å². The fourth-order valence-electron chi connectivity index (χ4n) is 1.68. The van der Waals surface area contributed by atoms with E-state index in [0.29, 0.717) is 6.54 Å². The average Bonchev–Trinajstić information content (AvgIpc) is 2.90. The van der Waals surface area contributed by atoms with Crippen LogP contribution in [-0.4, -0.2) is 5.91 Å². The quantitative estimate of drug-likeness (QED) is 0.853. The summed E-state index contributed by atoms with van der Waals surface area (Å²) in [4.78, 5) is 12.7. The number of rotatable bonds is 4. The molecule has 2 heterocycles. The minimum Gasteiger partial charge on any atom is -0.466 e. The topological polar surface area (TPSA) is 42.2 Å². The van der Waals surface area contributed by atoms with Gasteiger partial charge in [0, 0.05) is 23.1 Å². The highest BCUT2D eigenvalue weighted by Crippen LogP contribution is 2.22. The van der Waals surface area contributed by atoms with Gasteiger partial charge in [-0.15, -0.1) is 11.3 Å². The summed E-state index contributed by atoms with van der Waals surface area (Å²) in [6.45, 7) is 4.28. The number of furan rings is 1. The highest BCUT2D eigenvalue weighted by atomic mass is 79.9. The van der Waals surface area contributed by atoms with E-state index in [-0.39, 0.29) is 5.91 Å². The summed E-state index contributed by atoms with van der Waals surface area (Å²) in [7, 11) is 0. The molecule has 1 amide bonds. The maximum atomic E-state index is 11.7. The van der Waals surface area contributed by atoms with E-state index in [0.717, 1.165) is 25.7 Å². The lowest BCUT2D eigenvalue weighted by Crippen LogP contribution is -2.20. The van der Waals surface area contributed by atoms with Gasteiger partial charge in [-0.2, -0.15) is 0 Å². The summed E-state index contributed by atoms with van der Waals surface area (Å²) < 4.78 is 6.46. The number of carbonyl (C=O) groups excluding carboxylic acids is 1. The summed E-state index contributed by atoms with van der Waals surface area (Å²) in [6, 6.07) is 5.86. The summed E-state index contributed by atoms with van der Waals surface area (Å²) >= 11 is 4.97. The van der Waals surface area contributed by atoms with Crippen molar-refractivity contribution in [3.8, 4) is 0 Å². The van der Waals surface area contributed by atoms with E-state index >= 15 is 0 Å². The Bertz CT molecular complexity index is 613. The number of carbonyl (C=O) groups is 1. The Labute approximate surface area is 124 Å². The molecule has 0 aromatic carbocycles. The Hall–Kier alpha value is -1.33. The number of amides is 1. The van der Waals surface area contributed by atoms with Crippen molar-refractivity contribution < 1.29 is 9.21 Å². The third-order valence-corrected chi connectivity index (χ3v) is 4.18. The minimum absolute atomic E-state index is 0.109. The lowest BCUT2D eigenvalue weighted by atomic mass is 10.2. The Morgan fingerprint density at radius 1 is 1.47 bits per heavy atom. The fourth-order valence-corrected chi connectivity index (χ4v) is 3.00. The molecule has 0 saturated heterocycles. The molecule has 1 N–H and O–H groups in total. The van der Waals surface area contributed by atoms with Crippen LogP contribution in [0.5, 0.6) is 0 Å². The molecule has 19 heavy (non-hydrogen) atoms. The number of hydrogen-bond donors (Lipinski definition) is 1. The minimum atomic E-state index is -0.109. The highest BCUT2D eigenvalue weighted by Gasteiger charge is 2.05. The Kier molecular flexibility index (Phi) is 4.61. The number of halogens is 1. The van der Waals surface area contributed by atoms with Crippen molar-refractivity contribution in [3.63, 3.8) is 0 Å². The predicted octanol–water partition coefficient (Wildman–Crippen LogP) is 4.05. The van der Waals surface area contributed by atoms with Gasteiger partial charge in [0.15, 0.2) is 0 Å². The summed E-state index contributed by atoms with van der Waals surface area (Å²) in [5, 5.41) is 2.84. The lowest BCUT2D eigenvalue weighted by Gasteiger charge is -2.00. The van der Waals surface area contributed by atoms with Crippen molar-refractivity contribution in [2.45, 2.75) is 20.4 Å². The lowest BCUT2D eigenvalue weighted by molar-refractivity contribution is -0.116. The third-order valence-electron chi connectivity index (χ3n) is 2.59. The third kappa shape index (κ3) is 4.08. The standard InChI is InChI=1S/C14H14BrNO2S/c1-9-7-11(10(2)18-9)8-16-14(17)6-4-12-3-5-13(15)19-12/h3-7H,8H2,1-2H3,(H,16,17)/b6-4+. The van der Waals surface area contributed by atoms with E-state index in [4.69, 9.17) is 4.42 Å². The molecule has 0 spiro atoms. The van der Waals surface area contributed by atoms with Crippen LogP contribution in [-0.2, 0) is 11.3 Å². The van der Waals surface area contributed by atoms with E-state index in [2.05, 4.69) is 21.2 Å². The molecule has 0 aliphatic rings. The van der Waals surface area contributed by atoms with Gasteiger partial charge in [0.1, 0.15) is 11.5 Å². The second-order valence-corrected chi connectivity index (χ2v) is 6.63. The van der Waals surface area contributed by atoms with Crippen LogP contribution in [0, 0.1) is 13.8 Å². The van der Waals surface area contributed by atoms with E-state index in [1.807, 2.05) is 32.0 Å². The maximum Gasteiger partial charge on any atom is 0.244 e. The smallest absolute Gasteiger partial charge is 0.244 e. The zero-order valence-corrected chi connectivity index (χ0v) is 13.1. The monoisotopic (exact) mass is 339 g/mol. The maximum absolute atomic E-state index is 11.7. The Morgan fingerprint density at radius 3 is 2.84 bits per heavy atom. The molecule has 0 radical (unpaired) electrons.